The van der Waals surface area contributed by atoms with Crippen molar-refractivity contribution < 1.29 is 14.0 Å². The van der Waals surface area contributed by atoms with Gasteiger partial charge in [0, 0.05) is 10.7 Å². The van der Waals surface area contributed by atoms with Crippen molar-refractivity contribution in [3.05, 3.63) is 114 Å². The maximum atomic E-state index is 13.9. The summed E-state index contributed by atoms with van der Waals surface area (Å²) in [7, 11) is 0. The molecule has 2 heterocycles. The minimum Gasteiger partial charge on any atom is -0.467 e. The van der Waals surface area contributed by atoms with Crippen molar-refractivity contribution in [1.29, 1.82) is 0 Å². The Labute approximate surface area is 212 Å². The molecule has 180 valence electrons. The molecule has 0 saturated heterocycles. The highest BCUT2D eigenvalue weighted by Crippen LogP contribution is 2.29. The van der Waals surface area contributed by atoms with Crippen molar-refractivity contribution in [3.63, 3.8) is 0 Å². The molecule has 1 unspecified atom stereocenters. The van der Waals surface area contributed by atoms with Crippen LogP contribution in [-0.2, 0) is 22.7 Å². The highest BCUT2D eigenvalue weighted by Gasteiger charge is 2.33. The summed E-state index contributed by atoms with van der Waals surface area (Å²) >= 11 is 6.12. The minimum absolute atomic E-state index is 0.106. The van der Waals surface area contributed by atoms with Crippen LogP contribution < -0.4 is 10.2 Å². The second kappa shape index (κ2) is 10.5. The Balaban J connectivity index is 1.53. The molecule has 0 bridgehead atoms. The van der Waals surface area contributed by atoms with Crippen molar-refractivity contribution in [2.24, 2.45) is 0 Å². The SMILES string of the molecule is O=C(NCc1ccco1)C(c1ccc(Cl)cc1)N(C(=O)Cn1nnc2ccccc21)c1ccccc1. The van der Waals surface area contributed by atoms with E-state index >= 15 is 0 Å². The average Bonchev–Trinajstić information content (AvgIpc) is 3.57. The van der Waals surface area contributed by atoms with Gasteiger partial charge in [-0.15, -0.1) is 5.10 Å². The Morgan fingerprint density at radius 3 is 2.44 bits per heavy atom. The van der Waals surface area contributed by atoms with Gasteiger partial charge < -0.3 is 9.73 Å². The third kappa shape index (κ3) is 4.99. The van der Waals surface area contributed by atoms with Crippen LogP contribution in [0.25, 0.3) is 11.0 Å². The fraction of sp³-hybridized carbons (Fsp3) is 0.111. The van der Waals surface area contributed by atoms with Crippen LogP contribution in [0.2, 0.25) is 5.02 Å². The number of rotatable bonds is 8. The monoisotopic (exact) mass is 499 g/mol. The molecule has 36 heavy (non-hydrogen) atoms. The van der Waals surface area contributed by atoms with E-state index in [0.717, 1.165) is 5.52 Å². The van der Waals surface area contributed by atoms with E-state index in [1.54, 1.807) is 54.8 Å². The molecule has 0 aliphatic rings. The Morgan fingerprint density at radius 1 is 0.944 bits per heavy atom. The molecule has 0 radical (unpaired) electrons. The number of para-hydroxylation sites is 2. The number of fused-ring (bicyclic) bond motifs is 1. The lowest BCUT2D eigenvalue weighted by Crippen LogP contribution is -2.45. The van der Waals surface area contributed by atoms with E-state index < -0.39 is 6.04 Å². The van der Waals surface area contributed by atoms with E-state index in [-0.39, 0.29) is 24.9 Å². The first-order valence-electron chi connectivity index (χ1n) is 11.3. The number of nitrogens with one attached hydrogen (secondary N) is 1. The predicted octanol–water partition coefficient (Wildman–Crippen LogP) is 4.77. The molecule has 8 nitrogen and oxygen atoms in total. The molecular weight excluding hydrogens is 478 g/mol. The lowest BCUT2D eigenvalue weighted by Gasteiger charge is -2.31. The minimum atomic E-state index is -0.970. The molecule has 2 aromatic heterocycles. The Morgan fingerprint density at radius 2 is 1.69 bits per heavy atom. The van der Waals surface area contributed by atoms with Gasteiger partial charge in [0.2, 0.25) is 11.8 Å². The summed E-state index contributed by atoms with van der Waals surface area (Å²) in [6.07, 6.45) is 1.54. The standard InChI is InChI=1S/C27H22ClN5O3/c28-20-14-12-19(13-15-20)26(27(35)29-17-22-9-6-16-36-22)33(21-7-2-1-3-8-21)25(34)18-32-24-11-5-4-10-23(24)30-31-32/h1-16,26H,17-18H2,(H,29,35). The van der Waals surface area contributed by atoms with Crippen LogP contribution in [0, 0.1) is 0 Å². The largest absolute Gasteiger partial charge is 0.467 e. The summed E-state index contributed by atoms with van der Waals surface area (Å²) < 4.78 is 6.89. The zero-order chi connectivity index (χ0) is 24.9. The number of aromatic nitrogens is 3. The molecule has 0 aliphatic heterocycles. The number of benzene rings is 3. The summed E-state index contributed by atoms with van der Waals surface area (Å²) in [4.78, 5) is 29.0. The predicted molar refractivity (Wildman–Crippen MR) is 136 cm³/mol. The van der Waals surface area contributed by atoms with Gasteiger partial charge in [0.25, 0.3) is 0 Å². The number of hydrogen-bond acceptors (Lipinski definition) is 5. The third-order valence-corrected chi connectivity index (χ3v) is 5.97. The van der Waals surface area contributed by atoms with Gasteiger partial charge in [-0.1, -0.05) is 59.3 Å². The van der Waals surface area contributed by atoms with Crippen LogP contribution in [0.4, 0.5) is 5.69 Å². The second-order valence-corrected chi connectivity index (χ2v) is 8.52. The molecule has 2 amide bonds. The molecule has 5 rings (SSSR count). The van der Waals surface area contributed by atoms with Gasteiger partial charge in [0.1, 0.15) is 23.9 Å². The summed E-state index contributed by atoms with van der Waals surface area (Å²) in [6, 6.07) is 25.9. The third-order valence-electron chi connectivity index (χ3n) is 5.72. The van der Waals surface area contributed by atoms with Gasteiger partial charge in [0.05, 0.1) is 18.3 Å². The number of halogens is 1. The topological polar surface area (TPSA) is 93.3 Å². The van der Waals surface area contributed by atoms with Crippen LogP contribution in [-0.4, -0.2) is 26.8 Å². The molecular formula is C27H22ClN5O3. The van der Waals surface area contributed by atoms with E-state index in [4.69, 9.17) is 16.0 Å². The van der Waals surface area contributed by atoms with Gasteiger partial charge in [-0.2, -0.15) is 0 Å². The van der Waals surface area contributed by atoms with E-state index in [2.05, 4.69) is 15.6 Å². The van der Waals surface area contributed by atoms with E-state index in [1.165, 1.54) is 9.58 Å². The summed E-state index contributed by atoms with van der Waals surface area (Å²) in [5, 5.41) is 11.7. The highest BCUT2D eigenvalue weighted by atomic mass is 35.5. The second-order valence-electron chi connectivity index (χ2n) is 8.09. The molecule has 3 aromatic carbocycles. The fourth-order valence-corrected chi connectivity index (χ4v) is 4.14. The Hall–Kier alpha value is -4.43. The van der Waals surface area contributed by atoms with Gasteiger partial charge in [-0.25, -0.2) is 4.68 Å². The van der Waals surface area contributed by atoms with Crippen molar-refractivity contribution in [2.75, 3.05) is 4.90 Å². The molecule has 0 saturated carbocycles. The molecule has 9 heteroatoms. The molecule has 5 aromatic rings. The Bertz CT molecular complexity index is 1470. The van der Waals surface area contributed by atoms with Crippen molar-refractivity contribution in [1.82, 2.24) is 20.3 Å². The van der Waals surface area contributed by atoms with Crippen molar-refractivity contribution in [3.8, 4) is 0 Å². The normalized spacial score (nSPS) is 11.8. The van der Waals surface area contributed by atoms with Crippen LogP contribution >= 0.6 is 11.6 Å². The average molecular weight is 500 g/mol. The van der Waals surface area contributed by atoms with Gasteiger partial charge in [-0.05, 0) is 54.1 Å². The Kier molecular flexibility index (Phi) is 6.77. The van der Waals surface area contributed by atoms with Crippen LogP contribution in [0.1, 0.15) is 17.4 Å². The number of anilines is 1. The van der Waals surface area contributed by atoms with Crippen LogP contribution in [0.5, 0.6) is 0 Å². The maximum Gasteiger partial charge on any atom is 0.249 e. The smallest absolute Gasteiger partial charge is 0.249 e. The molecule has 0 spiro atoms. The number of furan rings is 1. The van der Waals surface area contributed by atoms with Gasteiger partial charge >= 0.3 is 0 Å². The lowest BCUT2D eigenvalue weighted by molar-refractivity contribution is -0.127. The first kappa shape index (κ1) is 23.3. The number of amides is 2. The number of carbonyl (C=O) groups excluding carboxylic acids is 2. The molecule has 0 fully saturated rings. The van der Waals surface area contributed by atoms with E-state index in [1.807, 2.05) is 42.5 Å². The fourth-order valence-electron chi connectivity index (χ4n) is 4.01. The summed E-state index contributed by atoms with van der Waals surface area (Å²) in [6.45, 7) is 0.0748. The maximum absolute atomic E-state index is 13.9. The first-order valence-corrected chi connectivity index (χ1v) is 11.7. The zero-order valence-electron chi connectivity index (χ0n) is 19.1. The zero-order valence-corrected chi connectivity index (χ0v) is 19.9. The van der Waals surface area contributed by atoms with E-state index in [0.29, 0.717) is 27.6 Å². The van der Waals surface area contributed by atoms with Crippen molar-refractivity contribution >= 4 is 40.1 Å². The van der Waals surface area contributed by atoms with Gasteiger partial charge in [0.15, 0.2) is 0 Å². The summed E-state index contributed by atoms with van der Waals surface area (Å²) in [5.74, 6) is -0.0933. The highest BCUT2D eigenvalue weighted by molar-refractivity contribution is 6.30. The summed E-state index contributed by atoms with van der Waals surface area (Å²) in [5.41, 5.74) is 2.59. The molecule has 1 atom stereocenters. The van der Waals surface area contributed by atoms with E-state index in [9.17, 15) is 9.59 Å². The van der Waals surface area contributed by atoms with Gasteiger partial charge in [-0.3, -0.25) is 14.5 Å². The quantitative estimate of drug-likeness (QED) is 0.332. The lowest BCUT2D eigenvalue weighted by atomic mass is 10.0. The molecule has 0 aliphatic carbocycles. The number of hydrogen-bond donors (Lipinski definition) is 1. The van der Waals surface area contributed by atoms with Crippen molar-refractivity contribution in [2.45, 2.75) is 19.1 Å². The van der Waals surface area contributed by atoms with Crippen LogP contribution in [0.3, 0.4) is 0 Å². The van der Waals surface area contributed by atoms with Crippen LogP contribution in [0.15, 0.2) is 102 Å². The number of nitrogens with zero attached hydrogens (tertiary/aromatic N) is 4. The first-order chi connectivity index (χ1) is 17.6. The molecule has 1 N–H and O–H groups in total. The number of carbonyl (C=O) groups is 2.